The van der Waals surface area contributed by atoms with Gasteiger partial charge in [0.2, 0.25) is 0 Å². The number of benzene rings is 1. The molecule has 21 heavy (non-hydrogen) atoms. The van der Waals surface area contributed by atoms with Crippen LogP contribution in [0, 0.1) is 0 Å². The van der Waals surface area contributed by atoms with Crippen molar-refractivity contribution in [2.75, 3.05) is 26.9 Å². The third-order valence-electron chi connectivity index (χ3n) is 3.23. The van der Waals surface area contributed by atoms with Crippen LogP contribution in [0.3, 0.4) is 0 Å². The van der Waals surface area contributed by atoms with Crippen LogP contribution in [0.25, 0.3) is 0 Å². The Morgan fingerprint density at radius 3 is 2.52 bits per heavy atom. The number of esters is 1. The van der Waals surface area contributed by atoms with E-state index in [1.807, 2.05) is 0 Å². The lowest BCUT2D eigenvalue weighted by Crippen LogP contribution is -2.41. The van der Waals surface area contributed by atoms with Crippen LogP contribution in [-0.4, -0.2) is 44.8 Å². The fraction of sp³-hybridized carbons (Fsp3) is 0.467. The monoisotopic (exact) mass is 293 g/mol. The number of ether oxygens (including phenoxy) is 3. The summed E-state index contributed by atoms with van der Waals surface area (Å²) in [5.74, 6) is -0.0254. The number of carbonyl (C=O) groups excluding carboxylic acids is 2. The average molecular weight is 293 g/mol. The Morgan fingerprint density at radius 1 is 1.24 bits per heavy atom. The van der Waals surface area contributed by atoms with Crippen LogP contribution in [0.1, 0.15) is 23.2 Å². The van der Waals surface area contributed by atoms with Crippen LogP contribution in [-0.2, 0) is 14.3 Å². The van der Waals surface area contributed by atoms with E-state index < -0.39 is 5.97 Å². The molecule has 1 heterocycles. The van der Waals surface area contributed by atoms with E-state index in [1.165, 1.54) is 7.11 Å². The van der Waals surface area contributed by atoms with Gasteiger partial charge in [-0.1, -0.05) is 0 Å². The van der Waals surface area contributed by atoms with Gasteiger partial charge in [-0.25, -0.2) is 4.79 Å². The van der Waals surface area contributed by atoms with Crippen molar-refractivity contribution in [1.29, 1.82) is 0 Å². The molecule has 0 aliphatic carbocycles. The maximum atomic E-state index is 11.8. The first kappa shape index (κ1) is 15.3. The predicted octanol–water partition coefficient (Wildman–Crippen LogP) is 1.15. The van der Waals surface area contributed by atoms with Gasteiger partial charge in [-0.15, -0.1) is 0 Å². The summed E-state index contributed by atoms with van der Waals surface area (Å²) in [5.41, 5.74) is 0.441. The van der Waals surface area contributed by atoms with Gasteiger partial charge in [-0.05, 0) is 37.1 Å². The number of carbonyl (C=O) groups is 2. The summed E-state index contributed by atoms with van der Waals surface area (Å²) in [6, 6.07) is 6.62. The Labute approximate surface area is 123 Å². The molecule has 2 rings (SSSR count). The van der Waals surface area contributed by atoms with Crippen molar-refractivity contribution in [2.24, 2.45) is 0 Å². The molecule has 6 nitrogen and oxygen atoms in total. The molecule has 1 aromatic rings. The third-order valence-corrected chi connectivity index (χ3v) is 3.23. The predicted molar refractivity (Wildman–Crippen MR) is 75.3 cm³/mol. The van der Waals surface area contributed by atoms with E-state index in [0.29, 0.717) is 24.5 Å². The molecule has 1 aromatic carbocycles. The summed E-state index contributed by atoms with van der Waals surface area (Å²) in [4.78, 5) is 23.0. The van der Waals surface area contributed by atoms with Crippen molar-refractivity contribution in [2.45, 2.75) is 18.9 Å². The second kappa shape index (κ2) is 7.64. The summed E-state index contributed by atoms with van der Waals surface area (Å²) < 4.78 is 15.2. The molecule has 1 aliphatic heterocycles. The van der Waals surface area contributed by atoms with Crippen molar-refractivity contribution in [3.63, 3.8) is 0 Å². The largest absolute Gasteiger partial charge is 0.484 e. The molecule has 0 bridgehead atoms. The van der Waals surface area contributed by atoms with Crippen molar-refractivity contribution >= 4 is 11.9 Å². The second-order valence-corrected chi connectivity index (χ2v) is 4.76. The molecule has 0 unspecified atom stereocenters. The molecule has 1 saturated heterocycles. The van der Waals surface area contributed by atoms with E-state index in [-0.39, 0.29) is 18.6 Å². The average Bonchev–Trinajstić information content (AvgIpc) is 2.53. The molecule has 0 saturated carbocycles. The number of methoxy groups -OCH3 is 1. The lowest BCUT2D eigenvalue weighted by Gasteiger charge is -2.23. The molecule has 1 amide bonds. The van der Waals surface area contributed by atoms with Crippen molar-refractivity contribution in [3.05, 3.63) is 29.8 Å². The number of hydrogen-bond acceptors (Lipinski definition) is 5. The highest BCUT2D eigenvalue weighted by atomic mass is 16.5. The zero-order chi connectivity index (χ0) is 15.1. The first-order chi connectivity index (χ1) is 10.2. The Hall–Kier alpha value is -2.08. The van der Waals surface area contributed by atoms with E-state index in [4.69, 9.17) is 9.47 Å². The zero-order valence-corrected chi connectivity index (χ0v) is 12.0. The lowest BCUT2D eigenvalue weighted by atomic mass is 10.1. The van der Waals surface area contributed by atoms with E-state index in [9.17, 15) is 9.59 Å². The SMILES string of the molecule is COC(=O)c1ccc(OCC(=O)NC2CCOCC2)cc1. The number of nitrogens with one attached hydrogen (secondary N) is 1. The Bertz CT molecular complexity index is 479. The minimum Gasteiger partial charge on any atom is -0.484 e. The summed E-state index contributed by atoms with van der Waals surface area (Å²) in [6.45, 7) is 1.32. The highest BCUT2D eigenvalue weighted by molar-refractivity contribution is 5.89. The minimum atomic E-state index is -0.404. The lowest BCUT2D eigenvalue weighted by molar-refractivity contribution is -0.124. The van der Waals surface area contributed by atoms with Crippen LogP contribution >= 0.6 is 0 Å². The van der Waals surface area contributed by atoms with Crippen LogP contribution in [0.5, 0.6) is 5.75 Å². The number of amides is 1. The molecule has 0 radical (unpaired) electrons. The first-order valence-electron chi connectivity index (χ1n) is 6.87. The van der Waals surface area contributed by atoms with Crippen LogP contribution in [0.4, 0.5) is 0 Å². The molecule has 1 N–H and O–H groups in total. The fourth-order valence-electron chi connectivity index (χ4n) is 2.07. The molecular weight excluding hydrogens is 274 g/mol. The van der Waals surface area contributed by atoms with Crippen molar-refractivity contribution in [3.8, 4) is 5.75 Å². The van der Waals surface area contributed by atoms with Crippen molar-refractivity contribution in [1.82, 2.24) is 5.32 Å². The molecule has 0 atom stereocenters. The van der Waals surface area contributed by atoms with E-state index >= 15 is 0 Å². The molecule has 1 fully saturated rings. The smallest absolute Gasteiger partial charge is 0.337 e. The quantitative estimate of drug-likeness (QED) is 0.824. The highest BCUT2D eigenvalue weighted by Gasteiger charge is 2.16. The highest BCUT2D eigenvalue weighted by Crippen LogP contribution is 2.13. The minimum absolute atomic E-state index is 0.0467. The van der Waals surface area contributed by atoms with Gasteiger partial charge in [0.25, 0.3) is 5.91 Å². The van der Waals surface area contributed by atoms with Gasteiger partial charge in [0.15, 0.2) is 6.61 Å². The second-order valence-electron chi connectivity index (χ2n) is 4.76. The fourth-order valence-corrected chi connectivity index (χ4v) is 2.07. The Balaban J connectivity index is 1.76. The molecular formula is C15H19NO5. The molecule has 6 heteroatoms. The summed E-state index contributed by atoms with van der Waals surface area (Å²) in [6.07, 6.45) is 1.67. The maximum absolute atomic E-state index is 11.8. The van der Waals surface area contributed by atoms with Gasteiger partial charge in [-0.3, -0.25) is 4.79 Å². The van der Waals surface area contributed by atoms with E-state index in [0.717, 1.165) is 12.8 Å². The third kappa shape index (κ3) is 4.75. The van der Waals surface area contributed by atoms with Gasteiger partial charge < -0.3 is 19.5 Å². The summed E-state index contributed by atoms with van der Waals surface area (Å²) in [5, 5.41) is 2.91. The van der Waals surface area contributed by atoms with E-state index in [1.54, 1.807) is 24.3 Å². The number of hydrogen-bond donors (Lipinski definition) is 1. The van der Waals surface area contributed by atoms with E-state index in [2.05, 4.69) is 10.1 Å². The Kier molecular flexibility index (Phi) is 5.57. The van der Waals surface area contributed by atoms with Gasteiger partial charge >= 0.3 is 5.97 Å². The summed E-state index contributed by atoms with van der Waals surface area (Å²) in [7, 11) is 1.33. The molecule has 1 aliphatic rings. The van der Waals surface area contributed by atoms with Crippen LogP contribution in [0.2, 0.25) is 0 Å². The van der Waals surface area contributed by atoms with Crippen LogP contribution < -0.4 is 10.1 Å². The topological polar surface area (TPSA) is 73.9 Å². The molecule has 114 valence electrons. The van der Waals surface area contributed by atoms with Crippen molar-refractivity contribution < 1.29 is 23.8 Å². The standard InChI is InChI=1S/C15H19NO5/c1-19-15(18)11-2-4-13(5-3-11)21-10-14(17)16-12-6-8-20-9-7-12/h2-5,12H,6-10H2,1H3,(H,16,17). The van der Waals surface area contributed by atoms with Crippen LogP contribution in [0.15, 0.2) is 24.3 Å². The van der Waals surface area contributed by atoms with Gasteiger partial charge in [0, 0.05) is 19.3 Å². The zero-order valence-electron chi connectivity index (χ0n) is 12.0. The molecule has 0 aromatic heterocycles. The van der Waals surface area contributed by atoms with Gasteiger partial charge in [0.05, 0.1) is 12.7 Å². The first-order valence-corrected chi connectivity index (χ1v) is 6.87. The maximum Gasteiger partial charge on any atom is 0.337 e. The normalized spacial score (nSPS) is 15.3. The molecule has 0 spiro atoms. The van der Waals surface area contributed by atoms with Gasteiger partial charge in [0.1, 0.15) is 5.75 Å². The Morgan fingerprint density at radius 2 is 1.90 bits per heavy atom. The number of rotatable bonds is 5. The van der Waals surface area contributed by atoms with Gasteiger partial charge in [-0.2, -0.15) is 0 Å². The summed E-state index contributed by atoms with van der Waals surface area (Å²) >= 11 is 0.